The number of carbonyl (C=O) groups excluding carboxylic acids is 1. The van der Waals surface area contributed by atoms with Gasteiger partial charge in [0.05, 0.1) is 24.5 Å². The molecule has 0 N–H and O–H groups in total. The fourth-order valence-electron chi connectivity index (χ4n) is 2.94. The summed E-state index contributed by atoms with van der Waals surface area (Å²) in [6.07, 6.45) is -1.87. The molecule has 11 heteroatoms. The summed E-state index contributed by atoms with van der Waals surface area (Å²) < 4.78 is 50.1. The first kappa shape index (κ1) is 18.2. The number of rotatable bonds is 3. The molecule has 1 saturated heterocycles. The number of aromatic nitrogens is 4. The molecule has 0 aliphatic carbocycles. The van der Waals surface area contributed by atoms with Gasteiger partial charge in [-0.05, 0) is 24.3 Å². The number of alkyl halides is 3. The Morgan fingerprint density at radius 3 is 2.86 bits per heavy atom. The van der Waals surface area contributed by atoms with E-state index in [1.54, 1.807) is 0 Å². The maximum absolute atomic E-state index is 12.9. The van der Waals surface area contributed by atoms with Gasteiger partial charge in [-0.3, -0.25) is 4.79 Å². The van der Waals surface area contributed by atoms with Crippen LogP contribution in [-0.2, 0) is 10.9 Å². The van der Waals surface area contributed by atoms with Crippen molar-refractivity contribution in [1.82, 2.24) is 24.8 Å². The molecule has 0 unspecified atom stereocenters. The lowest BCUT2D eigenvalue weighted by Crippen LogP contribution is -2.44. The third-order valence-electron chi connectivity index (χ3n) is 4.31. The van der Waals surface area contributed by atoms with Crippen molar-refractivity contribution in [2.45, 2.75) is 12.2 Å². The molecule has 0 radical (unpaired) electrons. The zero-order valence-electron chi connectivity index (χ0n) is 14.3. The predicted molar refractivity (Wildman–Crippen MR) is 87.5 cm³/mol. The van der Waals surface area contributed by atoms with Crippen molar-refractivity contribution in [3.05, 3.63) is 60.0 Å². The van der Waals surface area contributed by atoms with Crippen molar-refractivity contribution < 1.29 is 27.2 Å². The van der Waals surface area contributed by atoms with Gasteiger partial charge in [0.15, 0.2) is 11.5 Å². The molecule has 28 heavy (non-hydrogen) atoms. The minimum absolute atomic E-state index is 0.0906. The second-order valence-corrected chi connectivity index (χ2v) is 6.07. The Balaban J connectivity index is 1.59. The molecule has 3 aromatic rings. The topological polar surface area (TPSA) is 86.3 Å². The maximum Gasteiger partial charge on any atom is 0.416 e. The molecule has 8 nitrogen and oxygen atoms in total. The summed E-state index contributed by atoms with van der Waals surface area (Å²) >= 11 is 0. The van der Waals surface area contributed by atoms with Crippen LogP contribution in [0.2, 0.25) is 0 Å². The van der Waals surface area contributed by atoms with Crippen molar-refractivity contribution in [3.63, 3.8) is 0 Å². The van der Waals surface area contributed by atoms with Crippen LogP contribution in [0.25, 0.3) is 5.69 Å². The largest absolute Gasteiger partial charge is 0.416 e. The van der Waals surface area contributed by atoms with E-state index in [-0.39, 0.29) is 18.0 Å². The van der Waals surface area contributed by atoms with Gasteiger partial charge in [0.2, 0.25) is 6.39 Å². The summed E-state index contributed by atoms with van der Waals surface area (Å²) in [4.78, 5) is 18.4. The molecule has 0 spiro atoms. The molecule has 0 saturated carbocycles. The van der Waals surface area contributed by atoms with Gasteiger partial charge in [0.25, 0.3) is 5.91 Å². The Morgan fingerprint density at radius 1 is 1.25 bits per heavy atom. The first-order chi connectivity index (χ1) is 13.4. The van der Waals surface area contributed by atoms with E-state index < -0.39 is 23.7 Å². The van der Waals surface area contributed by atoms with Gasteiger partial charge < -0.3 is 14.2 Å². The lowest BCUT2D eigenvalue weighted by Gasteiger charge is -2.33. The summed E-state index contributed by atoms with van der Waals surface area (Å²) in [7, 11) is 0. The minimum Gasteiger partial charge on any atom is -0.377 e. The number of ether oxygens (including phenoxy) is 1. The second-order valence-electron chi connectivity index (χ2n) is 6.07. The van der Waals surface area contributed by atoms with E-state index in [0.29, 0.717) is 19.0 Å². The molecule has 1 aliphatic heterocycles. The summed E-state index contributed by atoms with van der Waals surface area (Å²) in [5, 5.41) is 7.91. The number of nitrogens with zero attached hydrogens (tertiary/aromatic N) is 5. The maximum atomic E-state index is 12.9. The van der Waals surface area contributed by atoms with Crippen LogP contribution < -0.4 is 0 Å². The standard InChI is InChI=1S/C17H14F3N5O3/c18-17(19,20)11-2-1-3-12(8-11)25-5-4-13(22-25)16(26)24-6-7-27-9-14(24)15-21-10-28-23-15/h1-5,8,10,14H,6-7,9H2/t14-/m0/s1. The zero-order valence-corrected chi connectivity index (χ0v) is 14.3. The SMILES string of the molecule is O=C(c1ccn(-c2cccc(C(F)(F)F)c2)n1)N1CCOC[C@H]1c1ncon1. The number of carbonyl (C=O) groups is 1. The normalized spacial score (nSPS) is 17.7. The van der Waals surface area contributed by atoms with Crippen molar-refractivity contribution in [1.29, 1.82) is 0 Å². The van der Waals surface area contributed by atoms with Gasteiger partial charge in [-0.2, -0.15) is 23.3 Å². The molecule has 1 amide bonds. The highest BCUT2D eigenvalue weighted by molar-refractivity contribution is 5.92. The Hall–Kier alpha value is -3.21. The summed E-state index contributed by atoms with van der Waals surface area (Å²) in [5.41, 5.74) is -0.503. The molecule has 3 heterocycles. The van der Waals surface area contributed by atoms with Gasteiger partial charge in [-0.25, -0.2) is 4.68 Å². The van der Waals surface area contributed by atoms with E-state index in [2.05, 4.69) is 15.2 Å². The van der Waals surface area contributed by atoms with Gasteiger partial charge in [0, 0.05) is 12.7 Å². The number of morpholine rings is 1. The first-order valence-electron chi connectivity index (χ1n) is 8.32. The molecule has 1 atom stereocenters. The Labute approximate surface area is 156 Å². The van der Waals surface area contributed by atoms with Crippen LogP contribution in [0.5, 0.6) is 0 Å². The number of hydrogen-bond donors (Lipinski definition) is 0. The summed E-state index contributed by atoms with van der Waals surface area (Å²) in [6, 6.07) is 5.63. The van der Waals surface area contributed by atoms with E-state index >= 15 is 0 Å². The third-order valence-corrected chi connectivity index (χ3v) is 4.31. The number of amides is 1. The highest BCUT2D eigenvalue weighted by Crippen LogP contribution is 2.30. The minimum atomic E-state index is -4.46. The zero-order chi connectivity index (χ0) is 19.7. The van der Waals surface area contributed by atoms with Crippen LogP contribution in [0.15, 0.2) is 47.4 Å². The summed E-state index contributed by atoms with van der Waals surface area (Å²) in [6.45, 7) is 0.850. The molecule has 146 valence electrons. The average molecular weight is 393 g/mol. The molecular weight excluding hydrogens is 379 g/mol. The monoisotopic (exact) mass is 393 g/mol. The van der Waals surface area contributed by atoms with Crippen molar-refractivity contribution in [2.75, 3.05) is 19.8 Å². The van der Waals surface area contributed by atoms with Crippen molar-refractivity contribution >= 4 is 5.91 Å². The van der Waals surface area contributed by atoms with Crippen LogP contribution >= 0.6 is 0 Å². The van der Waals surface area contributed by atoms with Crippen molar-refractivity contribution in [2.24, 2.45) is 0 Å². The van der Waals surface area contributed by atoms with E-state index in [1.807, 2.05) is 0 Å². The Kier molecular flexibility index (Phi) is 4.59. The Morgan fingerprint density at radius 2 is 2.11 bits per heavy atom. The predicted octanol–water partition coefficient (Wildman–Crippen LogP) is 2.49. The molecule has 1 fully saturated rings. The highest BCUT2D eigenvalue weighted by atomic mass is 19.4. The van der Waals surface area contributed by atoms with Gasteiger partial charge in [0.1, 0.15) is 6.04 Å². The first-order valence-corrected chi connectivity index (χ1v) is 8.32. The van der Waals surface area contributed by atoms with Crippen LogP contribution in [0, 0.1) is 0 Å². The van der Waals surface area contributed by atoms with Crippen LogP contribution in [-0.4, -0.2) is 50.5 Å². The molecule has 2 aromatic heterocycles. The van der Waals surface area contributed by atoms with Crippen molar-refractivity contribution in [3.8, 4) is 5.69 Å². The quantitative estimate of drug-likeness (QED) is 0.680. The lowest BCUT2D eigenvalue weighted by atomic mass is 10.2. The fourth-order valence-corrected chi connectivity index (χ4v) is 2.94. The van der Waals surface area contributed by atoms with Gasteiger partial charge in [-0.1, -0.05) is 11.2 Å². The molecular formula is C17H14F3N5O3. The van der Waals surface area contributed by atoms with Gasteiger partial charge >= 0.3 is 6.18 Å². The molecule has 0 bridgehead atoms. The third kappa shape index (κ3) is 3.48. The lowest BCUT2D eigenvalue weighted by molar-refractivity contribution is -0.137. The van der Waals surface area contributed by atoms with E-state index in [9.17, 15) is 18.0 Å². The number of hydrogen-bond acceptors (Lipinski definition) is 6. The van der Waals surface area contributed by atoms with E-state index in [4.69, 9.17) is 9.26 Å². The number of halogens is 3. The van der Waals surface area contributed by atoms with Crippen LogP contribution in [0.4, 0.5) is 13.2 Å². The second kappa shape index (κ2) is 7.08. The Bertz CT molecular complexity index is 971. The van der Waals surface area contributed by atoms with E-state index in [1.165, 1.54) is 34.0 Å². The smallest absolute Gasteiger partial charge is 0.377 e. The molecule has 1 aromatic carbocycles. The fraction of sp³-hybridized carbons (Fsp3) is 0.294. The molecule has 1 aliphatic rings. The van der Waals surface area contributed by atoms with Crippen LogP contribution in [0.1, 0.15) is 27.9 Å². The van der Waals surface area contributed by atoms with E-state index in [0.717, 1.165) is 18.5 Å². The summed E-state index contributed by atoms with van der Waals surface area (Å²) in [5.74, 6) is -0.0887. The van der Waals surface area contributed by atoms with Crippen LogP contribution in [0.3, 0.4) is 0 Å². The average Bonchev–Trinajstić information content (AvgIpc) is 3.39. The molecule has 4 rings (SSSR count). The van der Waals surface area contributed by atoms with Gasteiger partial charge in [-0.15, -0.1) is 0 Å². The highest BCUT2D eigenvalue weighted by Gasteiger charge is 2.33. The number of benzene rings is 1.